The Labute approximate surface area is 107 Å². The van der Waals surface area contributed by atoms with Crippen LogP contribution in [0.2, 0.25) is 0 Å². The van der Waals surface area contributed by atoms with E-state index in [0.29, 0.717) is 25.1 Å². The Morgan fingerprint density at radius 3 is 2.83 bits per heavy atom. The summed E-state index contributed by atoms with van der Waals surface area (Å²) < 4.78 is 10.9. The van der Waals surface area contributed by atoms with E-state index >= 15 is 0 Å². The number of ether oxygens (including phenoxy) is 1. The fraction of sp³-hybridized carbons (Fsp3) is 0.833. The van der Waals surface area contributed by atoms with E-state index in [0.717, 1.165) is 19.4 Å². The Bertz CT molecular complexity index is 366. The fourth-order valence-electron chi connectivity index (χ4n) is 1.75. The molecule has 102 valence electrons. The van der Waals surface area contributed by atoms with E-state index in [1.54, 1.807) is 0 Å². The highest BCUT2D eigenvalue weighted by atomic mass is 16.5. The van der Waals surface area contributed by atoms with Gasteiger partial charge >= 0.3 is 6.01 Å². The molecule has 1 fully saturated rings. The standard InChI is InChI=1S/C12H22N4O2/c1-12(2,3)13-7-10-15-16-11(18-10)14-9-5-4-6-17-8-9/h9,13H,4-8H2,1-3H3,(H,14,16). The number of hydrogen-bond acceptors (Lipinski definition) is 6. The molecule has 1 saturated heterocycles. The predicted octanol–water partition coefficient (Wildman–Crippen LogP) is 1.55. The van der Waals surface area contributed by atoms with Gasteiger partial charge in [0.15, 0.2) is 0 Å². The molecule has 0 aliphatic carbocycles. The smallest absolute Gasteiger partial charge is 0.315 e. The maximum atomic E-state index is 5.53. The third kappa shape index (κ3) is 4.27. The van der Waals surface area contributed by atoms with Crippen molar-refractivity contribution in [2.75, 3.05) is 18.5 Å². The lowest BCUT2D eigenvalue weighted by atomic mass is 10.1. The van der Waals surface area contributed by atoms with Gasteiger partial charge in [0.1, 0.15) is 0 Å². The molecule has 0 saturated carbocycles. The molecule has 0 amide bonds. The Kier molecular flexibility index (Phi) is 4.19. The van der Waals surface area contributed by atoms with Crippen molar-refractivity contribution in [2.24, 2.45) is 0 Å². The first kappa shape index (κ1) is 13.3. The van der Waals surface area contributed by atoms with Gasteiger partial charge in [0, 0.05) is 12.1 Å². The topological polar surface area (TPSA) is 72.2 Å². The molecule has 0 radical (unpaired) electrons. The van der Waals surface area contributed by atoms with Crippen molar-refractivity contribution in [3.8, 4) is 0 Å². The molecule has 1 unspecified atom stereocenters. The van der Waals surface area contributed by atoms with Gasteiger partial charge < -0.3 is 19.8 Å². The average molecular weight is 254 g/mol. The first-order valence-corrected chi connectivity index (χ1v) is 6.45. The molecular weight excluding hydrogens is 232 g/mol. The maximum absolute atomic E-state index is 5.53. The largest absolute Gasteiger partial charge is 0.407 e. The quantitative estimate of drug-likeness (QED) is 0.849. The first-order valence-electron chi connectivity index (χ1n) is 6.45. The van der Waals surface area contributed by atoms with Crippen LogP contribution in [0.25, 0.3) is 0 Å². The lowest BCUT2D eigenvalue weighted by Gasteiger charge is -2.21. The molecule has 18 heavy (non-hydrogen) atoms. The van der Waals surface area contributed by atoms with Gasteiger partial charge in [-0.2, -0.15) is 0 Å². The van der Waals surface area contributed by atoms with Gasteiger partial charge in [-0.3, -0.25) is 0 Å². The van der Waals surface area contributed by atoms with E-state index < -0.39 is 0 Å². The minimum Gasteiger partial charge on any atom is -0.407 e. The van der Waals surface area contributed by atoms with Crippen LogP contribution in [-0.2, 0) is 11.3 Å². The summed E-state index contributed by atoms with van der Waals surface area (Å²) in [5.74, 6) is 0.601. The van der Waals surface area contributed by atoms with E-state index in [2.05, 4.69) is 41.6 Å². The van der Waals surface area contributed by atoms with Gasteiger partial charge in [-0.15, -0.1) is 5.10 Å². The molecule has 0 spiro atoms. The first-order chi connectivity index (χ1) is 8.53. The van der Waals surface area contributed by atoms with E-state index in [1.165, 1.54) is 0 Å². The average Bonchev–Trinajstić information content (AvgIpc) is 2.75. The molecule has 1 aliphatic heterocycles. The lowest BCUT2D eigenvalue weighted by Crippen LogP contribution is -2.35. The monoisotopic (exact) mass is 254 g/mol. The zero-order valence-corrected chi connectivity index (χ0v) is 11.3. The minimum atomic E-state index is 0.0409. The van der Waals surface area contributed by atoms with Gasteiger partial charge in [-0.1, -0.05) is 5.10 Å². The molecule has 1 aliphatic rings. The van der Waals surface area contributed by atoms with Crippen molar-refractivity contribution in [1.82, 2.24) is 15.5 Å². The van der Waals surface area contributed by atoms with Crippen LogP contribution in [0.1, 0.15) is 39.5 Å². The Balaban J connectivity index is 1.82. The van der Waals surface area contributed by atoms with Gasteiger partial charge in [0.05, 0.1) is 19.2 Å². The second-order valence-corrected chi connectivity index (χ2v) is 5.66. The van der Waals surface area contributed by atoms with Crippen LogP contribution in [0.5, 0.6) is 0 Å². The third-order valence-corrected chi connectivity index (χ3v) is 2.72. The number of nitrogens with one attached hydrogen (secondary N) is 2. The molecular formula is C12H22N4O2. The zero-order chi connectivity index (χ0) is 13.0. The number of aromatic nitrogens is 2. The number of rotatable bonds is 4. The van der Waals surface area contributed by atoms with Crippen molar-refractivity contribution in [3.63, 3.8) is 0 Å². The van der Waals surface area contributed by atoms with Crippen molar-refractivity contribution in [1.29, 1.82) is 0 Å². The summed E-state index contributed by atoms with van der Waals surface area (Å²) in [4.78, 5) is 0. The molecule has 1 aromatic rings. The van der Waals surface area contributed by atoms with Crippen molar-refractivity contribution in [3.05, 3.63) is 5.89 Å². The molecule has 6 nitrogen and oxygen atoms in total. The molecule has 2 heterocycles. The lowest BCUT2D eigenvalue weighted by molar-refractivity contribution is 0.0868. The molecule has 2 N–H and O–H groups in total. The van der Waals surface area contributed by atoms with E-state index in [4.69, 9.17) is 9.15 Å². The summed E-state index contributed by atoms with van der Waals surface area (Å²) >= 11 is 0. The highest BCUT2D eigenvalue weighted by Gasteiger charge is 2.17. The second-order valence-electron chi connectivity index (χ2n) is 5.66. The molecule has 0 aromatic carbocycles. The second kappa shape index (κ2) is 5.67. The van der Waals surface area contributed by atoms with E-state index in [1.807, 2.05) is 0 Å². The summed E-state index contributed by atoms with van der Waals surface area (Å²) in [5, 5.41) is 14.5. The number of anilines is 1. The Hall–Kier alpha value is -1.14. The van der Waals surface area contributed by atoms with Crippen LogP contribution in [0.15, 0.2) is 4.42 Å². The van der Waals surface area contributed by atoms with Crippen LogP contribution in [0.3, 0.4) is 0 Å². The van der Waals surface area contributed by atoms with Crippen LogP contribution in [0.4, 0.5) is 6.01 Å². The van der Waals surface area contributed by atoms with Crippen LogP contribution < -0.4 is 10.6 Å². The number of nitrogens with zero attached hydrogens (tertiary/aromatic N) is 2. The summed E-state index contributed by atoms with van der Waals surface area (Å²) in [6.07, 6.45) is 2.15. The summed E-state index contributed by atoms with van der Waals surface area (Å²) in [5.41, 5.74) is 0.0409. The minimum absolute atomic E-state index is 0.0409. The Morgan fingerprint density at radius 1 is 1.33 bits per heavy atom. The van der Waals surface area contributed by atoms with Crippen LogP contribution >= 0.6 is 0 Å². The van der Waals surface area contributed by atoms with Crippen molar-refractivity contribution in [2.45, 2.75) is 51.7 Å². The summed E-state index contributed by atoms with van der Waals surface area (Å²) in [6, 6.07) is 0.763. The Morgan fingerprint density at radius 2 is 2.17 bits per heavy atom. The molecule has 6 heteroatoms. The van der Waals surface area contributed by atoms with Crippen LogP contribution in [0, 0.1) is 0 Å². The maximum Gasteiger partial charge on any atom is 0.315 e. The molecule has 0 bridgehead atoms. The molecule has 1 aromatic heterocycles. The zero-order valence-electron chi connectivity index (χ0n) is 11.3. The normalized spacial score (nSPS) is 20.9. The molecule has 2 rings (SSSR count). The van der Waals surface area contributed by atoms with Crippen molar-refractivity contribution < 1.29 is 9.15 Å². The van der Waals surface area contributed by atoms with E-state index in [-0.39, 0.29) is 11.6 Å². The SMILES string of the molecule is CC(C)(C)NCc1nnc(NC2CCCOC2)o1. The predicted molar refractivity (Wildman–Crippen MR) is 68.4 cm³/mol. The summed E-state index contributed by atoms with van der Waals surface area (Å²) in [7, 11) is 0. The van der Waals surface area contributed by atoms with Gasteiger partial charge in [-0.05, 0) is 33.6 Å². The van der Waals surface area contributed by atoms with Gasteiger partial charge in [-0.25, -0.2) is 0 Å². The highest BCUT2D eigenvalue weighted by molar-refractivity contribution is 5.19. The van der Waals surface area contributed by atoms with Gasteiger partial charge in [0.2, 0.25) is 5.89 Å². The van der Waals surface area contributed by atoms with E-state index in [9.17, 15) is 0 Å². The fourth-order valence-corrected chi connectivity index (χ4v) is 1.75. The third-order valence-electron chi connectivity index (χ3n) is 2.72. The highest BCUT2D eigenvalue weighted by Crippen LogP contribution is 2.13. The summed E-state index contributed by atoms with van der Waals surface area (Å²) in [6.45, 7) is 8.44. The van der Waals surface area contributed by atoms with Crippen molar-refractivity contribution >= 4 is 6.01 Å². The molecule has 1 atom stereocenters. The number of hydrogen-bond donors (Lipinski definition) is 2. The van der Waals surface area contributed by atoms with Crippen LogP contribution in [-0.4, -0.2) is 35.0 Å². The van der Waals surface area contributed by atoms with Gasteiger partial charge in [0.25, 0.3) is 0 Å².